The molecule has 2 fully saturated rings. The molecule has 4 heterocycles. The molecule has 2 aromatic rings. The number of nitrogens with one attached hydrogen (secondary N) is 1. The third kappa shape index (κ3) is 3.14. The zero-order valence-corrected chi connectivity index (χ0v) is 15.5. The first kappa shape index (κ1) is 16.6. The van der Waals surface area contributed by atoms with E-state index in [1.807, 2.05) is 6.20 Å². The first-order chi connectivity index (χ1) is 13.3. The zero-order valence-electron chi connectivity index (χ0n) is 15.5. The van der Waals surface area contributed by atoms with E-state index in [0.717, 1.165) is 63.6 Å². The van der Waals surface area contributed by atoms with Gasteiger partial charge in [-0.3, -0.25) is 9.69 Å². The third-order valence-corrected chi connectivity index (χ3v) is 5.91. The van der Waals surface area contributed by atoms with Crippen molar-refractivity contribution < 1.29 is 4.79 Å². The van der Waals surface area contributed by atoms with Crippen LogP contribution < -0.4 is 15.1 Å². The molecule has 140 valence electrons. The van der Waals surface area contributed by atoms with Crippen molar-refractivity contribution in [2.24, 2.45) is 0 Å². The fraction of sp³-hybridized carbons (Fsp3) is 0.429. The minimum atomic E-state index is -0.0260. The highest BCUT2D eigenvalue weighted by Gasteiger charge is 2.37. The number of piperazine rings is 1. The molecule has 1 amide bonds. The molecule has 27 heavy (non-hydrogen) atoms. The standard InChI is InChI=1S/C21H25N5O/c27-21-19-7-4-8-26(19)20-18(23-21)13-16(14-22-20)15-24-9-11-25(12-10-24)17-5-2-1-3-6-17/h1-3,5-6,13-14,19H,4,7-12,15H2,(H,23,27)/t19-/m0/s1. The van der Waals surface area contributed by atoms with E-state index in [1.54, 1.807) is 0 Å². The van der Waals surface area contributed by atoms with Gasteiger partial charge in [-0.25, -0.2) is 4.98 Å². The van der Waals surface area contributed by atoms with Crippen LogP contribution in [0.4, 0.5) is 17.2 Å². The highest BCUT2D eigenvalue weighted by atomic mass is 16.2. The van der Waals surface area contributed by atoms with Crippen LogP contribution in [0.2, 0.25) is 0 Å². The molecule has 5 rings (SSSR count). The minimum absolute atomic E-state index is 0.0260. The number of rotatable bonds is 3. The molecule has 6 nitrogen and oxygen atoms in total. The lowest BCUT2D eigenvalue weighted by atomic mass is 10.1. The number of aromatic nitrogens is 1. The molecule has 3 aliphatic heterocycles. The van der Waals surface area contributed by atoms with Gasteiger partial charge in [-0.05, 0) is 36.6 Å². The van der Waals surface area contributed by atoms with Crippen molar-refractivity contribution in [2.75, 3.05) is 47.8 Å². The maximum absolute atomic E-state index is 12.3. The number of anilines is 3. The summed E-state index contributed by atoms with van der Waals surface area (Å²) in [5, 5.41) is 3.07. The molecule has 0 saturated carbocycles. The van der Waals surface area contributed by atoms with Crippen molar-refractivity contribution in [3.8, 4) is 0 Å². The van der Waals surface area contributed by atoms with E-state index in [9.17, 15) is 4.79 Å². The number of hydrogen-bond donors (Lipinski definition) is 1. The van der Waals surface area contributed by atoms with E-state index in [4.69, 9.17) is 4.98 Å². The van der Waals surface area contributed by atoms with Crippen LogP contribution in [0.5, 0.6) is 0 Å². The van der Waals surface area contributed by atoms with Gasteiger partial charge in [-0.1, -0.05) is 18.2 Å². The lowest BCUT2D eigenvalue weighted by molar-refractivity contribution is -0.117. The first-order valence-corrected chi connectivity index (χ1v) is 9.87. The molecule has 1 atom stereocenters. The van der Waals surface area contributed by atoms with E-state index in [0.29, 0.717) is 0 Å². The molecule has 1 aromatic heterocycles. The van der Waals surface area contributed by atoms with E-state index >= 15 is 0 Å². The summed E-state index contributed by atoms with van der Waals surface area (Å²) in [6, 6.07) is 12.7. The number of nitrogens with zero attached hydrogens (tertiary/aromatic N) is 4. The van der Waals surface area contributed by atoms with Crippen LogP contribution in [0.3, 0.4) is 0 Å². The summed E-state index contributed by atoms with van der Waals surface area (Å²) in [6.07, 6.45) is 3.97. The predicted octanol–water partition coefficient (Wildman–Crippen LogP) is 2.32. The highest BCUT2D eigenvalue weighted by molar-refractivity contribution is 6.03. The summed E-state index contributed by atoms with van der Waals surface area (Å²) in [5.74, 6) is 1.06. The molecule has 0 unspecified atom stereocenters. The van der Waals surface area contributed by atoms with Gasteiger partial charge in [-0.15, -0.1) is 0 Å². The number of benzene rings is 1. The average Bonchev–Trinajstić information content (AvgIpc) is 3.20. The van der Waals surface area contributed by atoms with Crippen LogP contribution in [0.1, 0.15) is 18.4 Å². The van der Waals surface area contributed by atoms with E-state index in [2.05, 4.69) is 56.4 Å². The molecular formula is C21H25N5O. The van der Waals surface area contributed by atoms with Gasteiger partial charge in [0.1, 0.15) is 6.04 Å². The second-order valence-electron chi connectivity index (χ2n) is 7.65. The number of carbonyl (C=O) groups excluding carboxylic acids is 1. The molecule has 0 spiro atoms. The number of carbonyl (C=O) groups is 1. The van der Waals surface area contributed by atoms with Gasteiger partial charge < -0.3 is 15.1 Å². The van der Waals surface area contributed by atoms with Gasteiger partial charge in [0.25, 0.3) is 0 Å². The Morgan fingerprint density at radius 3 is 2.70 bits per heavy atom. The van der Waals surface area contributed by atoms with Gasteiger partial charge in [0.15, 0.2) is 5.82 Å². The van der Waals surface area contributed by atoms with Crippen molar-refractivity contribution >= 4 is 23.1 Å². The van der Waals surface area contributed by atoms with Crippen LogP contribution in [0, 0.1) is 0 Å². The maximum atomic E-state index is 12.3. The van der Waals surface area contributed by atoms with Gasteiger partial charge in [-0.2, -0.15) is 0 Å². The van der Waals surface area contributed by atoms with Crippen LogP contribution in [0.25, 0.3) is 0 Å². The smallest absolute Gasteiger partial charge is 0.247 e. The van der Waals surface area contributed by atoms with E-state index in [-0.39, 0.29) is 11.9 Å². The van der Waals surface area contributed by atoms with Gasteiger partial charge >= 0.3 is 0 Å². The summed E-state index contributed by atoms with van der Waals surface area (Å²) in [7, 11) is 0. The van der Waals surface area contributed by atoms with Crippen LogP contribution in [-0.2, 0) is 11.3 Å². The zero-order chi connectivity index (χ0) is 18.2. The minimum Gasteiger partial charge on any atom is -0.369 e. The monoisotopic (exact) mass is 363 g/mol. The Hall–Kier alpha value is -2.60. The Kier molecular flexibility index (Phi) is 4.20. The molecule has 1 aromatic carbocycles. The Labute approximate surface area is 159 Å². The quantitative estimate of drug-likeness (QED) is 0.907. The molecular weight excluding hydrogens is 338 g/mol. The van der Waals surface area contributed by atoms with E-state index in [1.165, 1.54) is 11.3 Å². The van der Waals surface area contributed by atoms with E-state index < -0.39 is 0 Å². The van der Waals surface area contributed by atoms with Crippen LogP contribution >= 0.6 is 0 Å². The maximum Gasteiger partial charge on any atom is 0.247 e. The number of pyridine rings is 1. The SMILES string of the molecule is O=C1Nc2cc(CN3CCN(c4ccccc4)CC3)cnc2N2CCC[C@@H]12. The largest absolute Gasteiger partial charge is 0.369 e. The number of para-hydroxylation sites is 1. The summed E-state index contributed by atoms with van der Waals surface area (Å²) in [6.45, 7) is 5.95. The highest BCUT2D eigenvalue weighted by Crippen LogP contribution is 2.35. The Balaban J connectivity index is 1.25. The van der Waals surface area contributed by atoms with Gasteiger partial charge in [0, 0.05) is 51.2 Å². The Morgan fingerprint density at radius 2 is 1.89 bits per heavy atom. The first-order valence-electron chi connectivity index (χ1n) is 9.87. The van der Waals surface area contributed by atoms with Crippen molar-refractivity contribution in [3.63, 3.8) is 0 Å². The molecule has 6 heteroatoms. The van der Waals surface area contributed by atoms with Gasteiger partial charge in [0.2, 0.25) is 5.91 Å². The van der Waals surface area contributed by atoms with Crippen LogP contribution in [-0.4, -0.2) is 54.6 Å². The normalized spacial score (nSPS) is 22.4. The average molecular weight is 363 g/mol. The van der Waals surface area contributed by atoms with Crippen molar-refractivity contribution in [3.05, 3.63) is 48.2 Å². The van der Waals surface area contributed by atoms with Gasteiger partial charge in [0.05, 0.1) is 5.69 Å². The number of fused-ring (bicyclic) bond motifs is 3. The molecule has 2 saturated heterocycles. The van der Waals surface area contributed by atoms with Crippen LogP contribution in [0.15, 0.2) is 42.6 Å². The fourth-order valence-corrected chi connectivity index (χ4v) is 4.48. The topological polar surface area (TPSA) is 51.7 Å². The molecule has 0 bridgehead atoms. The summed E-state index contributed by atoms with van der Waals surface area (Å²) in [5.41, 5.74) is 3.34. The summed E-state index contributed by atoms with van der Waals surface area (Å²) in [4.78, 5) is 24.1. The Morgan fingerprint density at radius 1 is 1.07 bits per heavy atom. The second-order valence-corrected chi connectivity index (χ2v) is 7.65. The van der Waals surface area contributed by atoms with Crippen molar-refractivity contribution in [1.29, 1.82) is 0 Å². The molecule has 1 N–H and O–H groups in total. The second kappa shape index (κ2) is 6.85. The van der Waals surface area contributed by atoms with Crippen molar-refractivity contribution in [1.82, 2.24) is 9.88 Å². The summed E-state index contributed by atoms with van der Waals surface area (Å²) >= 11 is 0. The third-order valence-electron chi connectivity index (χ3n) is 5.91. The predicted molar refractivity (Wildman–Crippen MR) is 107 cm³/mol. The lowest BCUT2D eigenvalue weighted by Crippen LogP contribution is -2.46. The lowest BCUT2D eigenvalue weighted by Gasteiger charge is -2.36. The van der Waals surface area contributed by atoms with Crippen molar-refractivity contribution in [2.45, 2.75) is 25.4 Å². The fourth-order valence-electron chi connectivity index (χ4n) is 4.48. The number of hydrogen-bond acceptors (Lipinski definition) is 5. The Bertz CT molecular complexity index is 832. The molecule has 0 aliphatic carbocycles. The molecule has 3 aliphatic rings. The number of amides is 1. The molecule has 0 radical (unpaired) electrons. The summed E-state index contributed by atoms with van der Waals surface area (Å²) < 4.78 is 0.